The van der Waals surface area contributed by atoms with Crippen molar-refractivity contribution in [3.05, 3.63) is 120 Å². The summed E-state index contributed by atoms with van der Waals surface area (Å²) in [6, 6.07) is 25.5. The van der Waals surface area contributed by atoms with Crippen molar-refractivity contribution >= 4 is 28.7 Å². The fourth-order valence-electron chi connectivity index (χ4n) is 3.66. The third kappa shape index (κ3) is 7.23. The summed E-state index contributed by atoms with van der Waals surface area (Å²) in [4.78, 5) is 35.7. The van der Waals surface area contributed by atoms with Crippen LogP contribution in [0.3, 0.4) is 0 Å². The molecule has 4 rings (SSSR count). The predicted octanol–water partition coefficient (Wildman–Crippen LogP) is 6.80. The molecule has 40 heavy (non-hydrogen) atoms. The molecule has 4 aromatic rings. The highest BCUT2D eigenvalue weighted by atomic mass is 16.7. The number of ether oxygens (including phenoxy) is 4. The lowest BCUT2D eigenvalue weighted by Gasteiger charge is -2.09. The Morgan fingerprint density at radius 1 is 0.650 bits per heavy atom. The normalized spacial score (nSPS) is 10.4. The average Bonchev–Trinajstić information content (AvgIpc) is 2.96. The highest BCUT2D eigenvalue weighted by Gasteiger charge is 2.11. The molecule has 0 heterocycles. The smallest absolute Gasteiger partial charge is 0.343 e. The van der Waals surface area contributed by atoms with Crippen molar-refractivity contribution in [2.75, 3.05) is 6.79 Å². The Balaban J connectivity index is 1.37. The largest absolute Gasteiger partial charge is 0.457 e. The Labute approximate surface area is 232 Å². The summed E-state index contributed by atoms with van der Waals surface area (Å²) in [6.07, 6.45) is 0. The standard InChI is InChI=1S/C33H28O7/c1-21(2)31(34)37-19-23-5-13-30(14-6-23)40-33(36)28-10-9-26-17-25(7-8-27(26)18-28)24-11-15-29(16-12-24)38-20-39-32(35)22(3)4/h5-18H,1,3,19-20H2,2,4H3. The van der Waals surface area contributed by atoms with Crippen molar-refractivity contribution in [3.8, 4) is 22.6 Å². The van der Waals surface area contributed by atoms with E-state index in [2.05, 4.69) is 13.2 Å². The fraction of sp³-hybridized carbons (Fsp3) is 0.121. The Bertz CT molecular complexity index is 1580. The summed E-state index contributed by atoms with van der Waals surface area (Å²) in [5.74, 6) is -0.474. The molecule has 7 heteroatoms. The van der Waals surface area contributed by atoms with Crippen LogP contribution in [0.15, 0.2) is 109 Å². The van der Waals surface area contributed by atoms with Crippen LogP contribution in [-0.4, -0.2) is 24.7 Å². The van der Waals surface area contributed by atoms with Gasteiger partial charge in [-0.05, 0) is 83.8 Å². The Kier molecular flexibility index (Phi) is 8.76. The van der Waals surface area contributed by atoms with E-state index in [1.54, 1.807) is 62.4 Å². The van der Waals surface area contributed by atoms with Crippen molar-refractivity contribution in [3.63, 3.8) is 0 Å². The monoisotopic (exact) mass is 536 g/mol. The van der Waals surface area contributed by atoms with Crippen LogP contribution in [-0.2, 0) is 25.7 Å². The van der Waals surface area contributed by atoms with E-state index < -0.39 is 17.9 Å². The first-order valence-corrected chi connectivity index (χ1v) is 12.4. The molecule has 0 aliphatic heterocycles. The number of hydrogen-bond donors (Lipinski definition) is 0. The van der Waals surface area contributed by atoms with Gasteiger partial charge in [0, 0.05) is 11.1 Å². The van der Waals surface area contributed by atoms with Crippen LogP contribution in [0.4, 0.5) is 0 Å². The zero-order chi connectivity index (χ0) is 28.6. The fourth-order valence-corrected chi connectivity index (χ4v) is 3.66. The van der Waals surface area contributed by atoms with Crippen molar-refractivity contribution in [1.82, 2.24) is 0 Å². The quantitative estimate of drug-likeness (QED) is 0.0953. The minimum Gasteiger partial charge on any atom is -0.457 e. The van der Waals surface area contributed by atoms with Crippen molar-refractivity contribution in [1.29, 1.82) is 0 Å². The van der Waals surface area contributed by atoms with Gasteiger partial charge in [0.1, 0.15) is 18.1 Å². The zero-order valence-corrected chi connectivity index (χ0v) is 22.3. The zero-order valence-electron chi connectivity index (χ0n) is 22.3. The number of hydrogen-bond acceptors (Lipinski definition) is 7. The third-order valence-corrected chi connectivity index (χ3v) is 5.88. The maximum Gasteiger partial charge on any atom is 0.343 e. The molecule has 0 saturated heterocycles. The van der Waals surface area contributed by atoms with Crippen LogP contribution in [0, 0.1) is 0 Å². The Morgan fingerprint density at radius 3 is 1.90 bits per heavy atom. The topological polar surface area (TPSA) is 88.1 Å². The molecule has 0 saturated carbocycles. The van der Waals surface area contributed by atoms with Crippen LogP contribution >= 0.6 is 0 Å². The first kappa shape index (κ1) is 27.9. The van der Waals surface area contributed by atoms with E-state index in [-0.39, 0.29) is 13.4 Å². The summed E-state index contributed by atoms with van der Waals surface area (Å²) in [7, 11) is 0. The van der Waals surface area contributed by atoms with Gasteiger partial charge in [-0.25, -0.2) is 14.4 Å². The second kappa shape index (κ2) is 12.6. The predicted molar refractivity (Wildman–Crippen MR) is 152 cm³/mol. The van der Waals surface area contributed by atoms with E-state index in [0.29, 0.717) is 28.2 Å². The number of carbonyl (C=O) groups excluding carboxylic acids is 3. The van der Waals surface area contributed by atoms with Gasteiger partial charge in [0.15, 0.2) is 0 Å². The molecule has 0 bridgehead atoms. The molecular weight excluding hydrogens is 508 g/mol. The van der Waals surface area contributed by atoms with E-state index in [9.17, 15) is 14.4 Å². The van der Waals surface area contributed by atoms with Crippen LogP contribution < -0.4 is 9.47 Å². The lowest BCUT2D eigenvalue weighted by atomic mass is 10.00. The van der Waals surface area contributed by atoms with Crippen molar-refractivity contribution in [2.45, 2.75) is 20.5 Å². The molecular formula is C33H28O7. The van der Waals surface area contributed by atoms with Gasteiger partial charge in [0.25, 0.3) is 0 Å². The van der Waals surface area contributed by atoms with Gasteiger partial charge in [-0.2, -0.15) is 0 Å². The molecule has 0 N–H and O–H groups in total. The molecule has 4 aromatic carbocycles. The SMILES string of the molecule is C=C(C)C(=O)OCOc1ccc(-c2ccc3cc(C(=O)Oc4ccc(COC(=O)C(=C)C)cc4)ccc3c2)cc1. The summed E-state index contributed by atoms with van der Waals surface area (Å²) >= 11 is 0. The highest BCUT2D eigenvalue weighted by Crippen LogP contribution is 2.27. The van der Waals surface area contributed by atoms with Crippen LogP contribution in [0.25, 0.3) is 21.9 Å². The molecule has 202 valence electrons. The second-order valence-electron chi connectivity index (χ2n) is 9.17. The molecule has 0 amide bonds. The van der Waals surface area contributed by atoms with E-state index in [0.717, 1.165) is 27.5 Å². The number of fused-ring (bicyclic) bond motifs is 1. The van der Waals surface area contributed by atoms with Gasteiger partial charge >= 0.3 is 17.9 Å². The lowest BCUT2D eigenvalue weighted by molar-refractivity contribution is -0.145. The summed E-state index contributed by atoms with van der Waals surface area (Å²) in [5.41, 5.74) is 3.81. The summed E-state index contributed by atoms with van der Waals surface area (Å²) in [6.45, 7) is 10.2. The molecule has 0 fully saturated rings. The third-order valence-electron chi connectivity index (χ3n) is 5.88. The maximum absolute atomic E-state index is 12.8. The van der Waals surface area contributed by atoms with Crippen LogP contribution in [0.1, 0.15) is 29.8 Å². The van der Waals surface area contributed by atoms with E-state index in [4.69, 9.17) is 18.9 Å². The Morgan fingerprint density at radius 2 is 1.23 bits per heavy atom. The molecule has 0 atom stereocenters. The van der Waals surface area contributed by atoms with Crippen molar-refractivity contribution in [2.24, 2.45) is 0 Å². The van der Waals surface area contributed by atoms with Crippen LogP contribution in [0.5, 0.6) is 11.5 Å². The van der Waals surface area contributed by atoms with E-state index >= 15 is 0 Å². The Hall–Kier alpha value is -5.17. The molecule has 0 radical (unpaired) electrons. The molecule has 0 unspecified atom stereocenters. The van der Waals surface area contributed by atoms with Gasteiger partial charge in [-0.1, -0.05) is 55.6 Å². The maximum atomic E-state index is 12.8. The van der Waals surface area contributed by atoms with Crippen molar-refractivity contribution < 1.29 is 33.3 Å². The molecule has 7 nitrogen and oxygen atoms in total. The molecule has 0 aliphatic carbocycles. The summed E-state index contributed by atoms with van der Waals surface area (Å²) in [5, 5.41) is 1.86. The highest BCUT2D eigenvalue weighted by molar-refractivity contribution is 5.97. The minimum absolute atomic E-state index is 0.109. The van der Waals surface area contributed by atoms with Gasteiger partial charge in [0.2, 0.25) is 6.79 Å². The number of esters is 3. The lowest BCUT2D eigenvalue weighted by Crippen LogP contribution is -2.10. The molecule has 0 spiro atoms. The van der Waals surface area contributed by atoms with E-state index in [1.807, 2.05) is 36.4 Å². The van der Waals surface area contributed by atoms with Gasteiger partial charge in [0.05, 0.1) is 5.56 Å². The first-order chi connectivity index (χ1) is 19.2. The number of benzene rings is 4. The van der Waals surface area contributed by atoms with Gasteiger partial charge < -0.3 is 18.9 Å². The number of carbonyl (C=O) groups is 3. The van der Waals surface area contributed by atoms with Gasteiger partial charge in [-0.15, -0.1) is 0 Å². The minimum atomic E-state index is -0.501. The van der Waals surface area contributed by atoms with E-state index in [1.165, 1.54) is 0 Å². The van der Waals surface area contributed by atoms with Gasteiger partial charge in [-0.3, -0.25) is 0 Å². The van der Waals surface area contributed by atoms with Crippen LogP contribution in [0.2, 0.25) is 0 Å². The second-order valence-corrected chi connectivity index (χ2v) is 9.17. The molecule has 0 aromatic heterocycles. The first-order valence-electron chi connectivity index (χ1n) is 12.4. The summed E-state index contributed by atoms with van der Waals surface area (Å²) < 4.78 is 21.0. The number of rotatable bonds is 10. The average molecular weight is 537 g/mol. The molecule has 0 aliphatic rings.